The Morgan fingerprint density at radius 2 is 2.24 bits per heavy atom. The van der Waals surface area contributed by atoms with E-state index in [2.05, 4.69) is 38.4 Å². The van der Waals surface area contributed by atoms with E-state index >= 15 is 0 Å². The van der Waals surface area contributed by atoms with Crippen molar-refractivity contribution in [1.82, 2.24) is 20.2 Å². The number of aromatic nitrogens is 4. The minimum atomic E-state index is 0.748. The summed E-state index contributed by atoms with van der Waals surface area (Å²) in [6.45, 7) is 2.09. The molecule has 0 atom stereocenters. The van der Waals surface area contributed by atoms with Crippen molar-refractivity contribution in [2.24, 2.45) is 0 Å². The SMILES string of the molecule is CCCc1nnnn1-c1cc(Br)ccc1OC. The predicted octanol–water partition coefficient (Wildman–Crippen LogP) is 2.39. The van der Waals surface area contributed by atoms with Gasteiger partial charge >= 0.3 is 0 Å². The zero-order valence-corrected chi connectivity index (χ0v) is 11.3. The number of ether oxygens (including phenoxy) is 1. The smallest absolute Gasteiger partial charge is 0.156 e. The molecule has 17 heavy (non-hydrogen) atoms. The van der Waals surface area contributed by atoms with Crippen molar-refractivity contribution in [3.05, 3.63) is 28.5 Å². The molecule has 0 radical (unpaired) electrons. The highest BCUT2D eigenvalue weighted by Crippen LogP contribution is 2.26. The molecule has 0 aliphatic carbocycles. The molecule has 2 aromatic rings. The molecule has 2 rings (SSSR count). The van der Waals surface area contributed by atoms with Crippen LogP contribution in [0.5, 0.6) is 5.75 Å². The van der Waals surface area contributed by atoms with Crippen LogP contribution < -0.4 is 4.74 Å². The van der Waals surface area contributed by atoms with Gasteiger partial charge in [0.05, 0.1) is 7.11 Å². The molecule has 0 unspecified atom stereocenters. The Bertz CT molecular complexity index is 512. The summed E-state index contributed by atoms with van der Waals surface area (Å²) in [7, 11) is 1.64. The van der Waals surface area contributed by atoms with Gasteiger partial charge in [0.15, 0.2) is 5.82 Å². The van der Waals surface area contributed by atoms with Gasteiger partial charge in [-0.2, -0.15) is 4.68 Å². The standard InChI is InChI=1S/C11H13BrN4O/c1-3-4-11-13-14-15-16(11)9-7-8(12)5-6-10(9)17-2/h5-7H,3-4H2,1-2H3. The lowest BCUT2D eigenvalue weighted by Crippen LogP contribution is -2.05. The number of halogens is 1. The summed E-state index contributed by atoms with van der Waals surface area (Å²) >= 11 is 3.44. The summed E-state index contributed by atoms with van der Waals surface area (Å²) in [6, 6.07) is 5.75. The van der Waals surface area contributed by atoms with Gasteiger partial charge in [-0.1, -0.05) is 22.9 Å². The number of aryl methyl sites for hydroxylation is 1. The van der Waals surface area contributed by atoms with E-state index in [1.165, 1.54) is 0 Å². The van der Waals surface area contributed by atoms with Crippen LogP contribution in [0.1, 0.15) is 19.2 Å². The highest BCUT2D eigenvalue weighted by Gasteiger charge is 2.12. The lowest BCUT2D eigenvalue weighted by atomic mass is 10.2. The van der Waals surface area contributed by atoms with E-state index in [-0.39, 0.29) is 0 Å². The first-order valence-electron chi connectivity index (χ1n) is 5.37. The first kappa shape index (κ1) is 12.0. The molecule has 0 aliphatic rings. The second kappa shape index (κ2) is 5.27. The molecule has 0 amide bonds. The first-order valence-corrected chi connectivity index (χ1v) is 6.16. The van der Waals surface area contributed by atoms with Crippen molar-refractivity contribution in [2.75, 3.05) is 7.11 Å². The van der Waals surface area contributed by atoms with Gasteiger partial charge in [0.25, 0.3) is 0 Å². The lowest BCUT2D eigenvalue weighted by Gasteiger charge is -2.09. The molecular weight excluding hydrogens is 284 g/mol. The molecule has 0 saturated heterocycles. The Morgan fingerprint density at radius 3 is 2.94 bits per heavy atom. The Morgan fingerprint density at radius 1 is 1.41 bits per heavy atom. The zero-order valence-electron chi connectivity index (χ0n) is 9.72. The molecule has 1 aromatic heterocycles. The van der Waals surface area contributed by atoms with Crippen molar-refractivity contribution in [3.8, 4) is 11.4 Å². The predicted molar refractivity (Wildman–Crippen MR) is 67.4 cm³/mol. The molecule has 0 fully saturated rings. The fraction of sp³-hybridized carbons (Fsp3) is 0.364. The summed E-state index contributed by atoms with van der Waals surface area (Å²) in [4.78, 5) is 0. The Labute approximate surface area is 108 Å². The first-order chi connectivity index (χ1) is 8.26. The van der Waals surface area contributed by atoms with Crippen LogP contribution in [0.2, 0.25) is 0 Å². The van der Waals surface area contributed by atoms with Gasteiger partial charge in [-0.3, -0.25) is 0 Å². The summed E-state index contributed by atoms with van der Waals surface area (Å²) in [5, 5.41) is 11.7. The van der Waals surface area contributed by atoms with E-state index in [1.54, 1.807) is 11.8 Å². The maximum absolute atomic E-state index is 5.32. The fourth-order valence-electron chi connectivity index (χ4n) is 1.60. The Kier molecular flexibility index (Phi) is 3.73. The van der Waals surface area contributed by atoms with E-state index in [0.717, 1.165) is 34.6 Å². The van der Waals surface area contributed by atoms with Crippen molar-refractivity contribution >= 4 is 15.9 Å². The maximum atomic E-state index is 5.32. The van der Waals surface area contributed by atoms with Crippen LogP contribution in [-0.2, 0) is 6.42 Å². The molecular formula is C11H13BrN4O. The van der Waals surface area contributed by atoms with Crippen LogP contribution >= 0.6 is 15.9 Å². The number of methoxy groups -OCH3 is 1. The third-order valence-corrected chi connectivity index (χ3v) is 2.87. The van der Waals surface area contributed by atoms with E-state index < -0.39 is 0 Å². The quantitative estimate of drug-likeness (QED) is 0.869. The minimum Gasteiger partial charge on any atom is -0.494 e. The van der Waals surface area contributed by atoms with Crippen LogP contribution in [-0.4, -0.2) is 27.3 Å². The van der Waals surface area contributed by atoms with Gasteiger partial charge in [0, 0.05) is 10.9 Å². The highest BCUT2D eigenvalue weighted by molar-refractivity contribution is 9.10. The summed E-state index contributed by atoms with van der Waals surface area (Å²) in [5.74, 6) is 1.58. The van der Waals surface area contributed by atoms with Gasteiger partial charge in [-0.15, -0.1) is 5.10 Å². The molecule has 6 heteroatoms. The maximum Gasteiger partial charge on any atom is 0.156 e. The number of hydrogen-bond acceptors (Lipinski definition) is 4. The van der Waals surface area contributed by atoms with Gasteiger partial charge < -0.3 is 4.74 Å². The number of rotatable bonds is 4. The van der Waals surface area contributed by atoms with Crippen LogP contribution in [0.3, 0.4) is 0 Å². The van der Waals surface area contributed by atoms with Crippen molar-refractivity contribution in [3.63, 3.8) is 0 Å². The fourth-order valence-corrected chi connectivity index (χ4v) is 1.95. The molecule has 1 aromatic carbocycles. The number of nitrogens with zero attached hydrogens (tertiary/aromatic N) is 4. The Balaban J connectivity index is 2.51. The molecule has 0 spiro atoms. The molecule has 0 bridgehead atoms. The molecule has 0 aliphatic heterocycles. The van der Waals surface area contributed by atoms with Crippen LogP contribution in [0.4, 0.5) is 0 Å². The lowest BCUT2D eigenvalue weighted by molar-refractivity contribution is 0.411. The average Bonchev–Trinajstić information content (AvgIpc) is 2.77. The molecule has 0 N–H and O–H groups in total. The third kappa shape index (κ3) is 2.46. The van der Waals surface area contributed by atoms with E-state index in [4.69, 9.17) is 4.74 Å². The van der Waals surface area contributed by atoms with Gasteiger partial charge in [0.2, 0.25) is 0 Å². The number of hydrogen-bond donors (Lipinski definition) is 0. The van der Waals surface area contributed by atoms with Crippen LogP contribution in [0.25, 0.3) is 5.69 Å². The van der Waals surface area contributed by atoms with Gasteiger partial charge in [0.1, 0.15) is 11.4 Å². The molecule has 5 nitrogen and oxygen atoms in total. The normalized spacial score (nSPS) is 10.5. The second-order valence-corrected chi connectivity index (χ2v) is 4.49. The van der Waals surface area contributed by atoms with Crippen molar-refractivity contribution < 1.29 is 4.74 Å². The van der Waals surface area contributed by atoms with E-state index in [1.807, 2.05) is 18.2 Å². The van der Waals surface area contributed by atoms with Gasteiger partial charge in [-0.05, 0) is 35.0 Å². The van der Waals surface area contributed by atoms with Gasteiger partial charge in [-0.25, -0.2) is 0 Å². The topological polar surface area (TPSA) is 52.8 Å². The van der Waals surface area contributed by atoms with E-state index in [9.17, 15) is 0 Å². The molecule has 0 saturated carbocycles. The number of benzene rings is 1. The summed E-state index contributed by atoms with van der Waals surface area (Å²) < 4.78 is 8.00. The highest BCUT2D eigenvalue weighted by atomic mass is 79.9. The van der Waals surface area contributed by atoms with Crippen molar-refractivity contribution in [2.45, 2.75) is 19.8 Å². The van der Waals surface area contributed by atoms with Crippen LogP contribution in [0.15, 0.2) is 22.7 Å². The monoisotopic (exact) mass is 296 g/mol. The summed E-state index contributed by atoms with van der Waals surface area (Å²) in [5.41, 5.74) is 0.843. The third-order valence-electron chi connectivity index (χ3n) is 2.38. The average molecular weight is 297 g/mol. The van der Waals surface area contributed by atoms with Crippen LogP contribution in [0, 0.1) is 0 Å². The minimum absolute atomic E-state index is 0.748. The van der Waals surface area contributed by atoms with Crippen molar-refractivity contribution in [1.29, 1.82) is 0 Å². The zero-order chi connectivity index (χ0) is 12.3. The largest absolute Gasteiger partial charge is 0.494 e. The molecule has 1 heterocycles. The Hall–Kier alpha value is -1.43. The van der Waals surface area contributed by atoms with E-state index in [0.29, 0.717) is 0 Å². The molecule has 90 valence electrons. The summed E-state index contributed by atoms with van der Waals surface area (Å²) in [6.07, 6.45) is 1.83. The number of tetrazole rings is 1. The second-order valence-electron chi connectivity index (χ2n) is 3.57.